The van der Waals surface area contributed by atoms with E-state index < -0.39 is 0 Å². The highest BCUT2D eigenvalue weighted by atomic mass is 15.1. The van der Waals surface area contributed by atoms with Crippen LogP contribution >= 0.6 is 0 Å². The summed E-state index contributed by atoms with van der Waals surface area (Å²) < 4.78 is 0. The van der Waals surface area contributed by atoms with Gasteiger partial charge >= 0.3 is 0 Å². The summed E-state index contributed by atoms with van der Waals surface area (Å²) in [4.78, 5) is 10.5. The van der Waals surface area contributed by atoms with Crippen molar-refractivity contribution >= 4 is 16.7 Å². The molecule has 0 amide bonds. The second-order valence-corrected chi connectivity index (χ2v) is 5.11. The number of nitrogens with one attached hydrogen (secondary N) is 1. The van der Waals surface area contributed by atoms with E-state index in [-0.39, 0.29) is 0 Å². The van der Waals surface area contributed by atoms with E-state index in [1.54, 1.807) is 0 Å². The molecular formula is C14H20N4. The lowest BCUT2D eigenvalue weighted by molar-refractivity contribution is 0.230. The lowest BCUT2D eigenvalue weighted by Crippen LogP contribution is -2.31. The number of benzene rings is 1. The molecule has 4 heteroatoms. The van der Waals surface area contributed by atoms with Crippen LogP contribution in [0.2, 0.25) is 0 Å². The van der Waals surface area contributed by atoms with E-state index in [0.29, 0.717) is 0 Å². The van der Waals surface area contributed by atoms with Crippen LogP contribution in [0.1, 0.15) is 25.1 Å². The van der Waals surface area contributed by atoms with Gasteiger partial charge in [0.25, 0.3) is 0 Å². The fourth-order valence-corrected chi connectivity index (χ4v) is 2.65. The predicted molar refractivity (Wildman–Crippen MR) is 74.5 cm³/mol. The van der Waals surface area contributed by atoms with Crippen molar-refractivity contribution in [1.29, 1.82) is 0 Å². The fourth-order valence-electron chi connectivity index (χ4n) is 2.65. The maximum atomic E-state index is 5.77. The molecule has 2 heterocycles. The van der Waals surface area contributed by atoms with Gasteiger partial charge in [-0.15, -0.1) is 0 Å². The molecule has 0 bridgehead atoms. The zero-order valence-electron chi connectivity index (χ0n) is 10.7. The summed E-state index contributed by atoms with van der Waals surface area (Å²) in [5, 5.41) is 0. The third kappa shape index (κ3) is 2.48. The number of fused-ring (bicyclic) bond motifs is 1. The summed E-state index contributed by atoms with van der Waals surface area (Å²) in [6.45, 7) is 3.59. The predicted octanol–water partition coefficient (Wildman–Crippen LogP) is 2.17. The minimum absolute atomic E-state index is 0.786. The summed E-state index contributed by atoms with van der Waals surface area (Å²) in [5.74, 6) is 1.07. The Morgan fingerprint density at radius 2 is 2.06 bits per heavy atom. The lowest BCUT2D eigenvalue weighted by Gasteiger charge is -2.25. The Morgan fingerprint density at radius 3 is 2.89 bits per heavy atom. The molecule has 3 rings (SSSR count). The number of rotatable bonds is 3. The highest BCUT2D eigenvalue weighted by Gasteiger charge is 2.11. The molecule has 1 saturated heterocycles. The molecule has 2 aromatic rings. The van der Waals surface area contributed by atoms with E-state index in [9.17, 15) is 0 Å². The number of piperidine rings is 1. The molecule has 96 valence electrons. The first-order valence-corrected chi connectivity index (χ1v) is 6.78. The summed E-state index contributed by atoms with van der Waals surface area (Å²) >= 11 is 0. The maximum Gasteiger partial charge on any atom is 0.108 e. The number of hydrogen-bond acceptors (Lipinski definition) is 3. The number of likely N-dealkylation sites (tertiary alicyclic amines) is 1. The van der Waals surface area contributed by atoms with Crippen molar-refractivity contribution in [3.8, 4) is 0 Å². The van der Waals surface area contributed by atoms with Gasteiger partial charge in [-0.25, -0.2) is 4.98 Å². The second-order valence-electron chi connectivity index (χ2n) is 5.11. The molecule has 1 aliphatic rings. The molecule has 0 saturated carbocycles. The zero-order chi connectivity index (χ0) is 12.4. The summed E-state index contributed by atoms with van der Waals surface area (Å²) in [5.41, 5.74) is 8.61. The Bertz CT molecular complexity index is 526. The van der Waals surface area contributed by atoms with E-state index in [0.717, 1.165) is 35.5 Å². The lowest BCUT2D eigenvalue weighted by atomic mass is 10.1. The Hall–Kier alpha value is -1.55. The molecule has 1 aromatic carbocycles. The van der Waals surface area contributed by atoms with Crippen molar-refractivity contribution in [3.63, 3.8) is 0 Å². The van der Waals surface area contributed by atoms with Gasteiger partial charge in [-0.05, 0) is 44.1 Å². The van der Waals surface area contributed by atoms with Gasteiger partial charge < -0.3 is 15.6 Å². The molecule has 18 heavy (non-hydrogen) atoms. The smallest absolute Gasteiger partial charge is 0.108 e. The van der Waals surface area contributed by atoms with Crippen LogP contribution in [-0.2, 0) is 6.42 Å². The number of nitrogens with zero attached hydrogens (tertiary/aromatic N) is 2. The number of hydrogen-bond donors (Lipinski definition) is 2. The molecule has 1 fully saturated rings. The summed E-state index contributed by atoms with van der Waals surface area (Å²) in [7, 11) is 0. The third-order valence-electron chi connectivity index (χ3n) is 3.67. The van der Waals surface area contributed by atoms with Crippen LogP contribution in [0.25, 0.3) is 11.0 Å². The first kappa shape index (κ1) is 11.5. The fraction of sp³-hybridized carbons (Fsp3) is 0.500. The number of anilines is 1. The molecule has 1 aliphatic heterocycles. The third-order valence-corrected chi connectivity index (χ3v) is 3.67. The topological polar surface area (TPSA) is 57.9 Å². The average Bonchev–Trinajstić information content (AvgIpc) is 2.79. The van der Waals surface area contributed by atoms with Crippen molar-refractivity contribution < 1.29 is 0 Å². The van der Waals surface area contributed by atoms with Gasteiger partial charge in [-0.3, -0.25) is 0 Å². The quantitative estimate of drug-likeness (QED) is 0.814. The van der Waals surface area contributed by atoms with Gasteiger partial charge in [0.05, 0.1) is 11.0 Å². The number of nitrogens with two attached hydrogens (primary N) is 1. The highest BCUT2D eigenvalue weighted by Crippen LogP contribution is 2.16. The Kier molecular flexibility index (Phi) is 3.19. The van der Waals surface area contributed by atoms with E-state index in [1.165, 1.54) is 32.4 Å². The number of H-pyrrole nitrogens is 1. The first-order valence-electron chi connectivity index (χ1n) is 6.78. The van der Waals surface area contributed by atoms with Crippen molar-refractivity contribution in [3.05, 3.63) is 24.0 Å². The minimum atomic E-state index is 0.786. The van der Waals surface area contributed by atoms with Crippen LogP contribution in [0.15, 0.2) is 18.2 Å². The van der Waals surface area contributed by atoms with Gasteiger partial charge in [0.15, 0.2) is 0 Å². The molecule has 0 unspecified atom stereocenters. The largest absolute Gasteiger partial charge is 0.399 e. The van der Waals surface area contributed by atoms with Gasteiger partial charge in [-0.1, -0.05) is 6.42 Å². The van der Waals surface area contributed by atoms with E-state index in [2.05, 4.69) is 14.9 Å². The number of nitrogen functional groups attached to an aromatic ring is 1. The van der Waals surface area contributed by atoms with Gasteiger partial charge in [0.2, 0.25) is 0 Å². The number of aromatic nitrogens is 2. The molecule has 0 atom stereocenters. The van der Waals surface area contributed by atoms with Crippen LogP contribution < -0.4 is 5.73 Å². The number of aromatic amines is 1. The number of imidazole rings is 1. The second kappa shape index (κ2) is 4.98. The molecule has 0 aliphatic carbocycles. The monoisotopic (exact) mass is 244 g/mol. The van der Waals surface area contributed by atoms with Crippen molar-refractivity contribution in [2.24, 2.45) is 0 Å². The highest BCUT2D eigenvalue weighted by molar-refractivity contribution is 5.78. The SMILES string of the molecule is Nc1ccc2nc(CCN3CCCCC3)[nH]c2c1. The van der Waals surface area contributed by atoms with Gasteiger partial charge in [-0.2, -0.15) is 0 Å². The van der Waals surface area contributed by atoms with E-state index in [1.807, 2.05) is 18.2 Å². The van der Waals surface area contributed by atoms with E-state index in [4.69, 9.17) is 5.73 Å². The summed E-state index contributed by atoms with van der Waals surface area (Å²) in [6.07, 6.45) is 5.07. The van der Waals surface area contributed by atoms with Crippen LogP contribution in [0, 0.1) is 0 Å². The Labute approximate surface area is 107 Å². The molecule has 0 spiro atoms. The molecule has 0 radical (unpaired) electrons. The Morgan fingerprint density at radius 1 is 1.22 bits per heavy atom. The van der Waals surface area contributed by atoms with Crippen LogP contribution in [0.3, 0.4) is 0 Å². The molecule has 4 nitrogen and oxygen atoms in total. The molecule has 1 aromatic heterocycles. The maximum absolute atomic E-state index is 5.77. The van der Waals surface area contributed by atoms with Gasteiger partial charge in [0.1, 0.15) is 5.82 Å². The van der Waals surface area contributed by atoms with Crippen LogP contribution in [0.5, 0.6) is 0 Å². The minimum Gasteiger partial charge on any atom is -0.399 e. The normalized spacial score (nSPS) is 17.3. The van der Waals surface area contributed by atoms with E-state index >= 15 is 0 Å². The van der Waals surface area contributed by atoms with Crippen LogP contribution in [-0.4, -0.2) is 34.5 Å². The van der Waals surface area contributed by atoms with Crippen molar-refractivity contribution in [2.45, 2.75) is 25.7 Å². The summed E-state index contributed by atoms with van der Waals surface area (Å²) in [6, 6.07) is 5.83. The van der Waals surface area contributed by atoms with Crippen molar-refractivity contribution in [1.82, 2.24) is 14.9 Å². The molecule has 3 N–H and O–H groups in total. The van der Waals surface area contributed by atoms with Gasteiger partial charge in [0, 0.05) is 18.7 Å². The van der Waals surface area contributed by atoms with Crippen LogP contribution in [0.4, 0.5) is 5.69 Å². The zero-order valence-corrected chi connectivity index (χ0v) is 10.7. The molecular weight excluding hydrogens is 224 g/mol. The Balaban J connectivity index is 1.67. The standard InChI is InChI=1S/C14H20N4/c15-11-4-5-12-13(10-11)17-14(16-12)6-9-18-7-2-1-3-8-18/h4-5,10H,1-3,6-9,15H2,(H,16,17). The average molecular weight is 244 g/mol. The van der Waals surface area contributed by atoms with Crippen molar-refractivity contribution in [2.75, 3.05) is 25.4 Å². The first-order chi connectivity index (χ1) is 8.81.